The molecule has 3 N–H and O–H groups in total. The van der Waals surface area contributed by atoms with Crippen molar-refractivity contribution in [3.63, 3.8) is 0 Å². The standard InChI is InChI=1S/C10H12N4O2S/c11-7(9(15)16)4-6-17-10-13-12-8-3-1-2-5-14(8)10/h1-3,5,7H,4,6,11H2,(H,15,16). The Balaban J connectivity index is 1.98. The summed E-state index contributed by atoms with van der Waals surface area (Å²) >= 11 is 1.45. The smallest absolute Gasteiger partial charge is 0.320 e. The van der Waals surface area contributed by atoms with Crippen LogP contribution < -0.4 is 5.73 Å². The van der Waals surface area contributed by atoms with Gasteiger partial charge in [-0.2, -0.15) is 0 Å². The predicted octanol–water partition coefficient (Wildman–Crippen LogP) is 0.623. The number of rotatable bonds is 5. The Labute approximate surface area is 102 Å². The molecule has 90 valence electrons. The van der Waals surface area contributed by atoms with Crippen LogP contribution in [0, 0.1) is 0 Å². The highest BCUT2D eigenvalue weighted by Gasteiger charge is 2.12. The number of carboxylic acid groups (broad SMARTS) is 1. The number of thioether (sulfide) groups is 1. The van der Waals surface area contributed by atoms with Gasteiger partial charge in [-0.25, -0.2) is 0 Å². The largest absolute Gasteiger partial charge is 0.480 e. The van der Waals surface area contributed by atoms with Gasteiger partial charge in [-0.3, -0.25) is 9.20 Å². The molecule has 0 aliphatic rings. The molecule has 0 saturated heterocycles. The highest BCUT2D eigenvalue weighted by Crippen LogP contribution is 2.17. The molecule has 0 fully saturated rings. The summed E-state index contributed by atoms with van der Waals surface area (Å²) in [6, 6.07) is 4.82. The van der Waals surface area contributed by atoms with Gasteiger partial charge in [0.1, 0.15) is 6.04 Å². The van der Waals surface area contributed by atoms with Crippen LogP contribution in [0.2, 0.25) is 0 Å². The summed E-state index contributed by atoms with van der Waals surface area (Å²) in [5, 5.41) is 17.4. The first-order valence-corrected chi connectivity index (χ1v) is 6.08. The van der Waals surface area contributed by atoms with E-state index in [-0.39, 0.29) is 0 Å². The number of hydrogen-bond acceptors (Lipinski definition) is 5. The lowest BCUT2D eigenvalue weighted by molar-refractivity contribution is -0.138. The molecule has 2 heterocycles. The molecule has 0 radical (unpaired) electrons. The highest BCUT2D eigenvalue weighted by atomic mass is 32.2. The van der Waals surface area contributed by atoms with Crippen LogP contribution in [0.3, 0.4) is 0 Å². The molecule has 2 aromatic heterocycles. The third-order valence-electron chi connectivity index (χ3n) is 2.26. The Morgan fingerprint density at radius 1 is 1.53 bits per heavy atom. The summed E-state index contributed by atoms with van der Waals surface area (Å²) in [5.41, 5.74) is 6.19. The van der Waals surface area contributed by atoms with Crippen LogP contribution in [0.25, 0.3) is 5.65 Å². The van der Waals surface area contributed by atoms with Crippen molar-refractivity contribution in [2.45, 2.75) is 17.6 Å². The van der Waals surface area contributed by atoms with Crippen LogP contribution >= 0.6 is 11.8 Å². The van der Waals surface area contributed by atoms with Crippen LogP contribution in [0.1, 0.15) is 6.42 Å². The molecule has 6 nitrogen and oxygen atoms in total. The fourth-order valence-corrected chi connectivity index (χ4v) is 2.26. The number of pyridine rings is 1. The summed E-state index contributed by atoms with van der Waals surface area (Å²) in [6.07, 6.45) is 2.27. The molecule has 2 rings (SSSR count). The normalized spacial score (nSPS) is 12.8. The lowest BCUT2D eigenvalue weighted by atomic mass is 10.2. The zero-order chi connectivity index (χ0) is 12.3. The molecule has 0 aliphatic heterocycles. The van der Waals surface area contributed by atoms with Crippen LogP contribution in [0.5, 0.6) is 0 Å². The summed E-state index contributed by atoms with van der Waals surface area (Å²) < 4.78 is 1.86. The van der Waals surface area contributed by atoms with E-state index in [1.165, 1.54) is 11.8 Å². The van der Waals surface area contributed by atoms with Crippen molar-refractivity contribution in [3.8, 4) is 0 Å². The number of nitrogens with two attached hydrogens (primary N) is 1. The van der Waals surface area contributed by atoms with Crippen molar-refractivity contribution in [3.05, 3.63) is 24.4 Å². The van der Waals surface area contributed by atoms with Crippen molar-refractivity contribution in [2.75, 3.05) is 5.75 Å². The molecule has 0 saturated carbocycles. The van der Waals surface area contributed by atoms with Crippen LogP contribution in [-0.2, 0) is 4.79 Å². The number of aromatic nitrogens is 3. The number of fused-ring (bicyclic) bond motifs is 1. The molecule has 0 spiro atoms. The van der Waals surface area contributed by atoms with E-state index in [0.29, 0.717) is 12.2 Å². The minimum absolute atomic E-state index is 0.405. The van der Waals surface area contributed by atoms with Gasteiger partial charge in [-0.1, -0.05) is 17.8 Å². The quantitative estimate of drug-likeness (QED) is 0.758. The molecule has 0 aromatic carbocycles. The fraction of sp³-hybridized carbons (Fsp3) is 0.300. The monoisotopic (exact) mass is 252 g/mol. The van der Waals surface area contributed by atoms with Crippen molar-refractivity contribution in [2.24, 2.45) is 5.73 Å². The lowest BCUT2D eigenvalue weighted by Gasteiger charge is -2.04. The van der Waals surface area contributed by atoms with E-state index < -0.39 is 12.0 Å². The van der Waals surface area contributed by atoms with Crippen molar-refractivity contribution < 1.29 is 9.90 Å². The van der Waals surface area contributed by atoms with Gasteiger partial charge in [0, 0.05) is 11.9 Å². The first kappa shape index (κ1) is 11.9. The minimum Gasteiger partial charge on any atom is -0.480 e. The first-order chi connectivity index (χ1) is 8.18. The van der Waals surface area contributed by atoms with Crippen LogP contribution in [0.15, 0.2) is 29.6 Å². The van der Waals surface area contributed by atoms with Gasteiger partial charge in [0.25, 0.3) is 0 Å². The average Bonchev–Trinajstić information content (AvgIpc) is 2.72. The third-order valence-corrected chi connectivity index (χ3v) is 3.24. The van der Waals surface area contributed by atoms with E-state index in [0.717, 1.165) is 10.8 Å². The van der Waals surface area contributed by atoms with Gasteiger partial charge < -0.3 is 10.8 Å². The highest BCUT2D eigenvalue weighted by molar-refractivity contribution is 7.99. The molecule has 0 aliphatic carbocycles. The second kappa shape index (κ2) is 5.15. The zero-order valence-corrected chi connectivity index (χ0v) is 9.80. The molecule has 17 heavy (non-hydrogen) atoms. The predicted molar refractivity (Wildman–Crippen MR) is 63.9 cm³/mol. The first-order valence-electron chi connectivity index (χ1n) is 5.09. The molecular weight excluding hydrogens is 240 g/mol. The van der Waals surface area contributed by atoms with Gasteiger partial charge in [0.2, 0.25) is 0 Å². The molecule has 2 aromatic rings. The van der Waals surface area contributed by atoms with Crippen LogP contribution in [0.4, 0.5) is 0 Å². The maximum absolute atomic E-state index is 10.5. The van der Waals surface area contributed by atoms with Crippen molar-refractivity contribution >= 4 is 23.4 Å². The SMILES string of the molecule is NC(CCSc1nnc2ccccn12)C(=O)O. The Hall–Kier alpha value is -1.60. The van der Waals surface area contributed by atoms with Gasteiger partial charge in [-0.05, 0) is 18.6 Å². The van der Waals surface area contributed by atoms with E-state index in [2.05, 4.69) is 10.2 Å². The van der Waals surface area contributed by atoms with E-state index >= 15 is 0 Å². The molecule has 1 unspecified atom stereocenters. The average molecular weight is 252 g/mol. The second-order valence-corrected chi connectivity index (χ2v) is 4.56. The number of carboxylic acids is 1. The molecule has 1 atom stereocenters. The summed E-state index contributed by atoms with van der Waals surface area (Å²) in [4.78, 5) is 10.5. The van der Waals surface area contributed by atoms with E-state index in [9.17, 15) is 4.79 Å². The van der Waals surface area contributed by atoms with Gasteiger partial charge in [0.15, 0.2) is 10.8 Å². The summed E-state index contributed by atoms with van der Waals surface area (Å²) in [6.45, 7) is 0. The van der Waals surface area contributed by atoms with Gasteiger partial charge in [-0.15, -0.1) is 10.2 Å². The molecular formula is C10H12N4O2S. The van der Waals surface area contributed by atoms with Gasteiger partial charge >= 0.3 is 5.97 Å². The zero-order valence-electron chi connectivity index (χ0n) is 8.98. The maximum Gasteiger partial charge on any atom is 0.320 e. The second-order valence-electron chi connectivity index (χ2n) is 3.49. The number of aliphatic carboxylic acids is 1. The van der Waals surface area contributed by atoms with E-state index in [1.54, 1.807) is 0 Å². The van der Waals surface area contributed by atoms with E-state index in [1.807, 2.05) is 28.8 Å². The number of nitrogens with zero attached hydrogens (tertiary/aromatic N) is 3. The lowest BCUT2D eigenvalue weighted by Crippen LogP contribution is -2.30. The number of carbonyl (C=O) groups is 1. The fourth-order valence-electron chi connectivity index (χ4n) is 1.32. The topological polar surface area (TPSA) is 93.5 Å². The molecule has 0 amide bonds. The molecule has 7 heteroatoms. The molecule has 0 bridgehead atoms. The number of hydrogen-bond donors (Lipinski definition) is 2. The Bertz CT molecular complexity index is 528. The van der Waals surface area contributed by atoms with Crippen LogP contribution in [-0.4, -0.2) is 37.5 Å². The maximum atomic E-state index is 10.5. The Morgan fingerprint density at radius 2 is 2.35 bits per heavy atom. The van der Waals surface area contributed by atoms with Crippen molar-refractivity contribution in [1.82, 2.24) is 14.6 Å². The summed E-state index contributed by atoms with van der Waals surface area (Å²) in [5.74, 6) is -0.375. The Kier molecular flexibility index (Phi) is 3.60. The minimum atomic E-state index is -0.975. The summed E-state index contributed by atoms with van der Waals surface area (Å²) in [7, 11) is 0. The van der Waals surface area contributed by atoms with E-state index in [4.69, 9.17) is 10.8 Å². The Morgan fingerprint density at radius 3 is 3.12 bits per heavy atom. The van der Waals surface area contributed by atoms with Crippen molar-refractivity contribution in [1.29, 1.82) is 0 Å². The third kappa shape index (κ3) is 2.75. The van der Waals surface area contributed by atoms with Gasteiger partial charge in [0.05, 0.1) is 0 Å².